The molecule has 0 aliphatic carbocycles. The highest BCUT2D eigenvalue weighted by atomic mass is 32.1. The Labute approximate surface area is 171 Å². The third-order valence-electron chi connectivity index (χ3n) is 4.41. The van der Waals surface area contributed by atoms with Crippen molar-refractivity contribution in [1.82, 2.24) is 9.55 Å². The lowest BCUT2D eigenvalue weighted by molar-refractivity contribution is 0.1000. The van der Waals surface area contributed by atoms with Crippen molar-refractivity contribution in [2.75, 3.05) is 0 Å². The van der Waals surface area contributed by atoms with E-state index >= 15 is 0 Å². The van der Waals surface area contributed by atoms with Gasteiger partial charge in [-0.2, -0.15) is 4.99 Å². The largest absolute Gasteiger partial charge is 0.328 e. The number of amides is 1. The molecule has 4 aromatic rings. The second-order valence-electron chi connectivity index (χ2n) is 6.53. The third kappa shape index (κ3) is 4.38. The molecule has 29 heavy (non-hydrogen) atoms. The summed E-state index contributed by atoms with van der Waals surface area (Å²) in [5.41, 5.74) is 3.10. The van der Waals surface area contributed by atoms with Crippen LogP contribution in [-0.2, 0) is 6.54 Å². The molecule has 0 fully saturated rings. The van der Waals surface area contributed by atoms with Crippen LogP contribution in [0.15, 0.2) is 84.0 Å². The molecule has 0 unspecified atom stereocenters. The van der Waals surface area contributed by atoms with Crippen LogP contribution in [0.4, 0.5) is 4.39 Å². The summed E-state index contributed by atoms with van der Waals surface area (Å²) < 4.78 is 15.1. The van der Waals surface area contributed by atoms with E-state index in [1.807, 2.05) is 59.3 Å². The third-order valence-corrected chi connectivity index (χ3v) is 5.61. The van der Waals surface area contributed by atoms with Crippen LogP contribution in [0.1, 0.15) is 20.9 Å². The summed E-state index contributed by atoms with van der Waals surface area (Å²) in [7, 11) is 0. The highest BCUT2D eigenvalue weighted by Gasteiger charge is 2.16. The number of thiazole rings is 1. The van der Waals surface area contributed by atoms with Crippen LogP contribution in [-0.4, -0.2) is 15.5 Å². The van der Waals surface area contributed by atoms with Crippen LogP contribution in [0, 0.1) is 12.7 Å². The Morgan fingerprint density at radius 3 is 2.52 bits per heavy atom. The van der Waals surface area contributed by atoms with E-state index in [0.717, 1.165) is 11.1 Å². The van der Waals surface area contributed by atoms with Gasteiger partial charge in [-0.3, -0.25) is 4.79 Å². The van der Waals surface area contributed by atoms with Crippen molar-refractivity contribution < 1.29 is 9.18 Å². The number of pyridine rings is 1. The van der Waals surface area contributed by atoms with Crippen molar-refractivity contribution >= 4 is 17.2 Å². The van der Waals surface area contributed by atoms with Crippen LogP contribution >= 0.6 is 11.3 Å². The van der Waals surface area contributed by atoms with Gasteiger partial charge in [-0.1, -0.05) is 36.4 Å². The average molecular weight is 403 g/mol. The van der Waals surface area contributed by atoms with Crippen LogP contribution in [0.25, 0.3) is 10.6 Å². The number of carbonyl (C=O) groups is 1. The maximum atomic E-state index is 13.2. The first-order valence-corrected chi connectivity index (χ1v) is 9.93. The molecule has 4 nitrogen and oxygen atoms in total. The highest BCUT2D eigenvalue weighted by molar-refractivity contribution is 7.17. The lowest BCUT2D eigenvalue weighted by Crippen LogP contribution is -2.22. The number of nitrogens with zero attached hydrogens (tertiary/aromatic N) is 3. The Kier molecular flexibility index (Phi) is 5.44. The van der Waals surface area contributed by atoms with Gasteiger partial charge in [0.05, 0.1) is 5.69 Å². The maximum Gasteiger partial charge on any atom is 0.290 e. The fraction of sp³-hybridized carbons (Fsp3) is 0.0870. The summed E-state index contributed by atoms with van der Waals surface area (Å²) in [5, 5.41) is 0.672. The molecule has 6 heteroatoms. The SMILES string of the molecule is Cc1nc(-c2ccc(F)cc2)sc1C(=O)N=c1ccccn1Cc1ccccc1. The van der Waals surface area contributed by atoms with E-state index in [9.17, 15) is 9.18 Å². The Morgan fingerprint density at radius 2 is 1.76 bits per heavy atom. The minimum absolute atomic E-state index is 0.305. The van der Waals surface area contributed by atoms with Gasteiger partial charge in [-0.15, -0.1) is 11.3 Å². The van der Waals surface area contributed by atoms with Gasteiger partial charge in [-0.05, 0) is 48.9 Å². The number of benzene rings is 2. The topological polar surface area (TPSA) is 47.2 Å². The molecule has 144 valence electrons. The summed E-state index contributed by atoms with van der Waals surface area (Å²) in [6.45, 7) is 2.41. The van der Waals surface area contributed by atoms with Crippen molar-refractivity contribution in [3.05, 3.63) is 106 Å². The van der Waals surface area contributed by atoms with Gasteiger partial charge in [-0.25, -0.2) is 9.37 Å². The molecular formula is C23H18FN3OS. The molecule has 0 aliphatic rings. The zero-order chi connectivity index (χ0) is 20.2. The first kappa shape index (κ1) is 19.0. The van der Waals surface area contributed by atoms with Gasteiger partial charge in [0.2, 0.25) is 0 Å². The summed E-state index contributed by atoms with van der Waals surface area (Å²) in [4.78, 5) is 22.2. The second kappa shape index (κ2) is 8.32. The number of halogens is 1. The van der Waals surface area contributed by atoms with E-state index in [1.165, 1.54) is 23.5 Å². The van der Waals surface area contributed by atoms with Crippen LogP contribution in [0.5, 0.6) is 0 Å². The Morgan fingerprint density at radius 1 is 1.03 bits per heavy atom. The average Bonchev–Trinajstić information content (AvgIpc) is 3.12. The van der Waals surface area contributed by atoms with Gasteiger partial charge in [0.15, 0.2) is 0 Å². The number of hydrogen-bond donors (Lipinski definition) is 0. The molecule has 0 bridgehead atoms. The molecule has 2 aromatic heterocycles. The lowest BCUT2D eigenvalue weighted by Gasteiger charge is -2.07. The minimum Gasteiger partial charge on any atom is -0.328 e. The molecule has 0 saturated carbocycles. The first-order valence-electron chi connectivity index (χ1n) is 9.12. The first-order chi connectivity index (χ1) is 14.1. The molecule has 2 aromatic carbocycles. The molecule has 0 saturated heterocycles. The van der Waals surface area contributed by atoms with E-state index in [1.54, 1.807) is 19.1 Å². The molecule has 0 aliphatic heterocycles. The molecular weight excluding hydrogens is 385 g/mol. The van der Waals surface area contributed by atoms with Gasteiger partial charge in [0, 0.05) is 18.3 Å². The molecule has 0 atom stereocenters. The summed E-state index contributed by atoms with van der Waals surface area (Å²) in [5.74, 6) is -0.637. The van der Waals surface area contributed by atoms with E-state index in [-0.39, 0.29) is 11.7 Å². The van der Waals surface area contributed by atoms with Crippen molar-refractivity contribution in [3.63, 3.8) is 0 Å². The Bertz CT molecular complexity index is 1210. The van der Waals surface area contributed by atoms with Gasteiger partial charge < -0.3 is 4.57 Å². The highest BCUT2D eigenvalue weighted by Crippen LogP contribution is 2.28. The van der Waals surface area contributed by atoms with Crippen LogP contribution < -0.4 is 5.49 Å². The molecule has 2 heterocycles. The quantitative estimate of drug-likeness (QED) is 0.489. The van der Waals surface area contributed by atoms with Crippen molar-refractivity contribution in [1.29, 1.82) is 0 Å². The second-order valence-corrected chi connectivity index (χ2v) is 7.53. The van der Waals surface area contributed by atoms with E-state index in [4.69, 9.17) is 0 Å². The number of aryl methyl sites for hydroxylation is 1. The molecule has 0 radical (unpaired) electrons. The lowest BCUT2D eigenvalue weighted by atomic mass is 10.2. The predicted molar refractivity (Wildman–Crippen MR) is 112 cm³/mol. The number of hydrogen-bond acceptors (Lipinski definition) is 3. The Balaban J connectivity index is 1.66. The zero-order valence-electron chi connectivity index (χ0n) is 15.7. The van der Waals surface area contributed by atoms with Crippen LogP contribution in [0.2, 0.25) is 0 Å². The molecule has 4 rings (SSSR count). The van der Waals surface area contributed by atoms with E-state index < -0.39 is 0 Å². The van der Waals surface area contributed by atoms with Gasteiger partial charge >= 0.3 is 0 Å². The summed E-state index contributed by atoms with van der Waals surface area (Å²) in [6.07, 6.45) is 1.91. The fourth-order valence-corrected chi connectivity index (χ4v) is 3.90. The van der Waals surface area contributed by atoms with Crippen molar-refractivity contribution in [3.8, 4) is 10.6 Å². The zero-order valence-corrected chi connectivity index (χ0v) is 16.6. The fourth-order valence-electron chi connectivity index (χ4n) is 2.95. The smallest absolute Gasteiger partial charge is 0.290 e. The molecule has 0 spiro atoms. The Hall–Kier alpha value is -3.38. The standard InChI is InChI=1S/C23H18FN3OS/c1-16-21(29-23(25-16)18-10-12-19(24)13-11-18)22(28)26-20-9-5-6-14-27(20)15-17-7-3-2-4-8-17/h2-14H,15H2,1H3. The normalized spacial score (nSPS) is 11.6. The number of rotatable bonds is 4. The molecule has 1 amide bonds. The summed E-state index contributed by atoms with van der Waals surface area (Å²) >= 11 is 1.27. The maximum absolute atomic E-state index is 13.2. The van der Waals surface area contributed by atoms with Gasteiger partial charge in [0.1, 0.15) is 21.2 Å². The van der Waals surface area contributed by atoms with Gasteiger partial charge in [0.25, 0.3) is 5.91 Å². The number of carbonyl (C=O) groups excluding carboxylic acids is 1. The van der Waals surface area contributed by atoms with E-state index in [0.29, 0.717) is 27.6 Å². The minimum atomic E-state index is -0.332. The summed E-state index contributed by atoms with van der Waals surface area (Å²) in [6, 6.07) is 21.7. The number of aromatic nitrogens is 2. The van der Waals surface area contributed by atoms with Crippen molar-refractivity contribution in [2.24, 2.45) is 4.99 Å². The molecule has 0 N–H and O–H groups in total. The van der Waals surface area contributed by atoms with Crippen LogP contribution in [0.3, 0.4) is 0 Å². The predicted octanol–water partition coefficient (Wildman–Crippen LogP) is 4.85. The monoisotopic (exact) mass is 403 g/mol. The van der Waals surface area contributed by atoms with Crippen molar-refractivity contribution in [2.45, 2.75) is 13.5 Å². The van der Waals surface area contributed by atoms with E-state index in [2.05, 4.69) is 9.98 Å².